The molecule has 0 aliphatic carbocycles. The van der Waals surface area contributed by atoms with Gasteiger partial charge in [0, 0.05) is 11.6 Å². The number of esters is 2. The zero-order valence-corrected chi connectivity index (χ0v) is 11.4. The van der Waals surface area contributed by atoms with Gasteiger partial charge in [-0.3, -0.25) is 0 Å². The van der Waals surface area contributed by atoms with E-state index >= 15 is 0 Å². The van der Waals surface area contributed by atoms with Crippen LogP contribution in [0, 0.1) is 0 Å². The molecule has 1 aromatic rings. The van der Waals surface area contributed by atoms with Crippen LogP contribution in [0.5, 0.6) is 0 Å². The van der Waals surface area contributed by atoms with Crippen LogP contribution in [0.4, 0.5) is 0 Å². The van der Waals surface area contributed by atoms with Crippen molar-refractivity contribution in [3.8, 4) is 0 Å². The van der Waals surface area contributed by atoms with Gasteiger partial charge in [0.25, 0.3) is 6.29 Å². The summed E-state index contributed by atoms with van der Waals surface area (Å²) in [6, 6.07) is 9.58. The second-order valence-corrected chi connectivity index (χ2v) is 4.89. The molecule has 21 heavy (non-hydrogen) atoms. The Bertz CT molecular complexity index is 629. The van der Waals surface area contributed by atoms with Crippen molar-refractivity contribution in [2.75, 3.05) is 6.61 Å². The lowest BCUT2D eigenvalue weighted by Gasteiger charge is -2.11. The smallest absolute Gasteiger partial charge is 0.337 e. The van der Waals surface area contributed by atoms with Crippen molar-refractivity contribution in [3.63, 3.8) is 0 Å². The number of rotatable bonds is 3. The van der Waals surface area contributed by atoms with E-state index in [1.54, 1.807) is 13.0 Å². The molecule has 5 heteroatoms. The Morgan fingerprint density at radius 2 is 1.95 bits per heavy atom. The van der Waals surface area contributed by atoms with Gasteiger partial charge in [0.15, 0.2) is 0 Å². The number of cyclic esters (lactones) is 2. The number of hydrogen-bond donors (Lipinski definition) is 0. The fourth-order valence-corrected chi connectivity index (χ4v) is 2.28. The van der Waals surface area contributed by atoms with Crippen LogP contribution in [0.15, 0.2) is 53.8 Å². The van der Waals surface area contributed by atoms with Gasteiger partial charge in [0.2, 0.25) is 0 Å². The molecule has 0 aromatic heterocycles. The zero-order valence-electron chi connectivity index (χ0n) is 11.4. The fraction of sp³-hybridized carbons (Fsp3) is 0.250. The number of carbonyl (C=O) groups excluding carboxylic acids is 2. The first-order valence-corrected chi connectivity index (χ1v) is 6.62. The second kappa shape index (κ2) is 5.44. The summed E-state index contributed by atoms with van der Waals surface area (Å²) < 4.78 is 15.4. The SMILES string of the molecule is CC1=C[C@@H](O/C=C2/C(=O)OC[C@H]2c2ccccc2)OC1=O. The molecule has 0 spiro atoms. The molecule has 3 rings (SSSR count). The molecule has 0 unspecified atom stereocenters. The molecule has 2 heterocycles. The van der Waals surface area contributed by atoms with Gasteiger partial charge in [-0.2, -0.15) is 0 Å². The topological polar surface area (TPSA) is 61.8 Å². The summed E-state index contributed by atoms with van der Waals surface area (Å²) in [5.74, 6) is -0.984. The third-order valence-electron chi connectivity index (χ3n) is 3.45. The summed E-state index contributed by atoms with van der Waals surface area (Å²) in [5, 5.41) is 0. The van der Waals surface area contributed by atoms with E-state index in [9.17, 15) is 9.59 Å². The molecule has 2 atom stereocenters. The van der Waals surface area contributed by atoms with Gasteiger partial charge in [-0.25, -0.2) is 9.59 Å². The highest BCUT2D eigenvalue weighted by Gasteiger charge is 2.33. The van der Waals surface area contributed by atoms with Crippen LogP contribution in [0.1, 0.15) is 18.4 Å². The monoisotopic (exact) mass is 286 g/mol. The summed E-state index contributed by atoms with van der Waals surface area (Å²) in [6.07, 6.45) is 2.12. The molecule has 0 saturated carbocycles. The molecule has 1 fully saturated rings. The quantitative estimate of drug-likeness (QED) is 0.483. The molecule has 5 nitrogen and oxygen atoms in total. The second-order valence-electron chi connectivity index (χ2n) is 4.89. The van der Waals surface area contributed by atoms with E-state index < -0.39 is 18.2 Å². The summed E-state index contributed by atoms with van der Waals surface area (Å²) >= 11 is 0. The van der Waals surface area contributed by atoms with Crippen LogP contribution in [-0.4, -0.2) is 24.8 Å². The maximum Gasteiger partial charge on any atom is 0.337 e. The molecule has 2 aliphatic rings. The van der Waals surface area contributed by atoms with E-state index in [0.29, 0.717) is 11.1 Å². The summed E-state index contributed by atoms with van der Waals surface area (Å²) in [5.41, 5.74) is 1.90. The zero-order chi connectivity index (χ0) is 14.8. The van der Waals surface area contributed by atoms with Crippen LogP contribution in [0.25, 0.3) is 0 Å². The predicted octanol–water partition coefficient (Wildman–Crippen LogP) is 2.06. The molecule has 1 aromatic carbocycles. The number of ether oxygens (including phenoxy) is 3. The fourth-order valence-electron chi connectivity index (χ4n) is 2.28. The predicted molar refractivity (Wildman–Crippen MR) is 72.9 cm³/mol. The Labute approximate surface area is 121 Å². The van der Waals surface area contributed by atoms with E-state index in [2.05, 4.69) is 0 Å². The summed E-state index contributed by atoms with van der Waals surface area (Å²) in [7, 11) is 0. The minimum absolute atomic E-state index is 0.166. The van der Waals surface area contributed by atoms with Crippen molar-refractivity contribution in [3.05, 3.63) is 59.4 Å². The molecule has 108 valence electrons. The lowest BCUT2D eigenvalue weighted by Crippen LogP contribution is -2.11. The third-order valence-corrected chi connectivity index (χ3v) is 3.45. The molecule has 1 saturated heterocycles. The Balaban J connectivity index is 1.77. The minimum Gasteiger partial charge on any atom is -0.461 e. The molecule has 0 N–H and O–H groups in total. The Hall–Kier alpha value is -2.56. The van der Waals surface area contributed by atoms with Crippen molar-refractivity contribution >= 4 is 11.9 Å². The molecular formula is C16H14O5. The molecule has 0 radical (unpaired) electrons. The highest BCUT2D eigenvalue weighted by Crippen LogP contribution is 2.31. The van der Waals surface area contributed by atoms with Crippen LogP contribution in [0.2, 0.25) is 0 Å². The average Bonchev–Trinajstić information content (AvgIpc) is 3.01. The Kier molecular flexibility index (Phi) is 3.48. The first-order valence-electron chi connectivity index (χ1n) is 6.62. The van der Waals surface area contributed by atoms with E-state index in [-0.39, 0.29) is 12.5 Å². The van der Waals surface area contributed by atoms with Crippen molar-refractivity contribution < 1.29 is 23.8 Å². The van der Waals surface area contributed by atoms with Crippen molar-refractivity contribution in [2.45, 2.75) is 19.1 Å². The average molecular weight is 286 g/mol. The van der Waals surface area contributed by atoms with Gasteiger partial charge in [-0.1, -0.05) is 30.3 Å². The minimum atomic E-state index is -0.783. The van der Waals surface area contributed by atoms with Crippen LogP contribution in [0.3, 0.4) is 0 Å². The van der Waals surface area contributed by atoms with Crippen molar-refractivity contribution in [1.82, 2.24) is 0 Å². The van der Waals surface area contributed by atoms with Crippen LogP contribution >= 0.6 is 0 Å². The molecular weight excluding hydrogens is 272 g/mol. The van der Waals surface area contributed by atoms with Crippen LogP contribution in [-0.2, 0) is 23.8 Å². The van der Waals surface area contributed by atoms with Gasteiger partial charge >= 0.3 is 11.9 Å². The van der Waals surface area contributed by atoms with E-state index in [1.807, 2.05) is 30.3 Å². The normalized spacial score (nSPS) is 26.5. The number of hydrogen-bond acceptors (Lipinski definition) is 5. The third kappa shape index (κ3) is 2.67. The summed E-state index contributed by atoms with van der Waals surface area (Å²) in [6.45, 7) is 1.94. The van der Waals surface area contributed by atoms with Gasteiger partial charge in [0.1, 0.15) is 6.61 Å². The van der Waals surface area contributed by atoms with Crippen LogP contribution < -0.4 is 0 Å². The number of carbonyl (C=O) groups is 2. The molecule has 2 aliphatic heterocycles. The maximum absolute atomic E-state index is 11.8. The van der Waals surface area contributed by atoms with Gasteiger partial charge in [-0.15, -0.1) is 0 Å². The first-order chi connectivity index (χ1) is 10.1. The van der Waals surface area contributed by atoms with E-state index in [4.69, 9.17) is 14.2 Å². The maximum atomic E-state index is 11.8. The standard InChI is InChI=1S/C16H14O5/c1-10-7-14(21-15(10)17)19-9-13-12(8-20-16(13)18)11-5-3-2-4-6-11/h2-7,9,12,14H,8H2,1H3/b13-9+/t12-,14-/m0/s1. The largest absolute Gasteiger partial charge is 0.461 e. The van der Waals surface area contributed by atoms with Gasteiger partial charge in [-0.05, 0) is 12.5 Å². The van der Waals surface area contributed by atoms with Gasteiger partial charge < -0.3 is 14.2 Å². The summed E-state index contributed by atoms with van der Waals surface area (Å²) in [4.78, 5) is 23.0. The highest BCUT2D eigenvalue weighted by molar-refractivity contribution is 5.92. The lowest BCUT2D eigenvalue weighted by atomic mass is 9.94. The highest BCUT2D eigenvalue weighted by atomic mass is 16.7. The van der Waals surface area contributed by atoms with E-state index in [0.717, 1.165) is 5.56 Å². The van der Waals surface area contributed by atoms with Gasteiger partial charge in [0.05, 0.1) is 17.8 Å². The van der Waals surface area contributed by atoms with Crippen molar-refractivity contribution in [2.24, 2.45) is 0 Å². The first kappa shape index (κ1) is 13.4. The molecule has 0 bridgehead atoms. The molecule has 0 amide bonds. The van der Waals surface area contributed by atoms with E-state index in [1.165, 1.54) is 6.26 Å². The lowest BCUT2D eigenvalue weighted by molar-refractivity contribution is -0.152. The van der Waals surface area contributed by atoms with Crippen molar-refractivity contribution in [1.29, 1.82) is 0 Å². The Morgan fingerprint density at radius 3 is 2.62 bits per heavy atom. The Morgan fingerprint density at radius 1 is 1.19 bits per heavy atom. The number of benzene rings is 1.